The van der Waals surface area contributed by atoms with E-state index in [0.29, 0.717) is 5.56 Å². The minimum absolute atomic E-state index is 0.0124. The highest BCUT2D eigenvalue weighted by atomic mass is 35.5. The molecule has 2 amide bonds. The number of aromatic nitrogens is 2. The van der Waals surface area contributed by atoms with Crippen LogP contribution in [0.3, 0.4) is 0 Å². The number of alkyl halides is 1. The number of likely N-dealkylation sites (tertiary alicyclic amines) is 1. The Bertz CT molecular complexity index is 1110. The maximum absolute atomic E-state index is 13.9. The Hall–Kier alpha value is -2.71. The third kappa shape index (κ3) is 4.74. The lowest BCUT2D eigenvalue weighted by Gasteiger charge is -2.39. The highest BCUT2D eigenvalue weighted by Crippen LogP contribution is 2.40. The van der Waals surface area contributed by atoms with Gasteiger partial charge in [-0.15, -0.1) is 11.6 Å². The minimum Gasteiger partial charge on any atom is -0.366 e. The van der Waals surface area contributed by atoms with Crippen molar-refractivity contribution < 1.29 is 19.1 Å². The fourth-order valence-electron chi connectivity index (χ4n) is 5.58. The summed E-state index contributed by atoms with van der Waals surface area (Å²) >= 11 is 6.45. The molecule has 3 heterocycles. The molecular formula is C26H31ClN4O4. The van der Waals surface area contributed by atoms with Gasteiger partial charge in [-0.2, -0.15) is 0 Å². The van der Waals surface area contributed by atoms with Crippen LogP contribution in [-0.4, -0.2) is 68.8 Å². The van der Waals surface area contributed by atoms with Crippen molar-refractivity contribution >= 4 is 29.2 Å². The van der Waals surface area contributed by atoms with E-state index < -0.39 is 23.6 Å². The van der Waals surface area contributed by atoms with Gasteiger partial charge in [0.25, 0.3) is 5.91 Å². The molecule has 0 bridgehead atoms. The Morgan fingerprint density at radius 2 is 2.03 bits per heavy atom. The van der Waals surface area contributed by atoms with E-state index in [1.807, 2.05) is 16.7 Å². The zero-order valence-electron chi connectivity index (χ0n) is 20.0. The maximum Gasteiger partial charge on any atom is 0.252 e. The number of nitrogens with zero attached hydrogens (tertiary/aromatic N) is 3. The smallest absolute Gasteiger partial charge is 0.252 e. The van der Waals surface area contributed by atoms with Gasteiger partial charge >= 0.3 is 0 Å². The first kappa shape index (κ1) is 24.0. The summed E-state index contributed by atoms with van der Waals surface area (Å²) in [5.74, 6) is -0.705. The van der Waals surface area contributed by atoms with Gasteiger partial charge in [0.15, 0.2) is 5.78 Å². The van der Waals surface area contributed by atoms with Crippen molar-refractivity contribution in [3.8, 4) is 5.69 Å². The quantitative estimate of drug-likeness (QED) is 0.640. The van der Waals surface area contributed by atoms with Crippen LogP contribution in [0.15, 0.2) is 43.0 Å². The summed E-state index contributed by atoms with van der Waals surface area (Å²) in [6.07, 6.45) is 8.26. The number of ketones is 1. The molecule has 1 N–H and O–H groups in total. The molecular weight excluding hydrogens is 468 g/mol. The van der Waals surface area contributed by atoms with Gasteiger partial charge in [-0.25, -0.2) is 4.98 Å². The standard InChI is InChI=1S/C26H31ClN4O4/c1-26(2)8-6-16(7-9-26)21(25(34)31-13-19(27)23-22(31)20(32)14-35-23)29-24(33)17-4-3-5-18(12-17)30-11-10-28-15-30/h3-5,10-12,15-16,19,21-23H,6-9,13-14H2,1-2H3,(H,29,33)/t19-,21-,22+,23+/m0/s1. The number of ether oxygens (including phenoxy) is 1. The average Bonchev–Trinajstić information content (AvgIpc) is 3.57. The van der Waals surface area contributed by atoms with E-state index in [2.05, 4.69) is 24.1 Å². The van der Waals surface area contributed by atoms with Gasteiger partial charge < -0.3 is 19.5 Å². The number of carbonyl (C=O) groups is 3. The second-order valence-electron chi connectivity index (χ2n) is 10.7. The second kappa shape index (κ2) is 9.39. The van der Waals surface area contributed by atoms with Crippen LogP contribution in [0.5, 0.6) is 0 Å². The highest BCUT2D eigenvalue weighted by Gasteiger charge is 2.53. The fourth-order valence-corrected chi connectivity index (χ4v) is 5.94. The molecule has 2 aromatic rings. The molecule has 1 saturated carbocycles. The van der Waals surface area contributed by atoms with E-state index in [4.69, 9.17) is 16.3 Å². The molecule has 35 heavy (non-hydrogen) atoms. The number of hydrogen-bond donors (Lipinski definition) is 1. The van der Waals surface area contributed by atoms with Crippen molar-refractivity contribution in [2.45, 2.75) is 63.1 Å². The van der Waals surface area contributed by atoms with E-state index in [1.165, 1.54) is 0 Å². The van der Waals surface area contributed by atoms with Crippen LogP contribution in [0.2, 0.25) is 0 Å². The number of nitrogens with one attached hydrogen (secondary N) is 1. The Balaban J connectivity index is 1.40. The molecule has 2 saturated heterocycles. The van der Waals surface area contributed by atoms with Gasteiger partial charge in [0.05, 0.1) is 11.7 Å². The molecule has 4 atom stereocenters. The predicted molar refractivity (Wildman–Crippen MR) is 130 cm³/mol. The topological polar surface area (TPSA) is 93.5 Å². The zero-order chi connectivity index (χ0) is 24.7. The molecule has 1 aromatic carbocycles. The Labute approximate surface area is 210 Å². The minimum atomic E-state index is -0.730. The number of carbonyl (C=O) groups excluding carboxylic acids is 3. The summed E-state index contributed by atoms with van der Waals surface area (Å²) in [7, 11) is 0. The second-order valence-corrected chi connectivity index (χ2v) is 11.2. The number of fused-ring (bicyclic) bond motifs is 1. The number of Topliss-reactive ketones (excluding diaryl/α,β-unsaturated/α-hetero) is 1. The summed E-state index contributed by atoms with van der Waals surface area (Å²) in [4.78, 5) is 45.4. The summed E-state index contributed by atoms with van der Waals surface area (Å²) < 4.78 is 7.38. The zero-order valence-corrected chi connectivity index (χ0v) is 20.8. The van der Waals surface area contributed by atoms with Crippen molar-refractivity contribution in [3.63, 3.8) is 0 Å². The first-order valence-electron chi connectivity index (χ1n) is 12.2. The number of hydrogen-bond acceptors (Lipinski definition) is 5. The van der Waals surface area contributed by atoms with Crippen LogP contribution < -0.4 is 5.32 Å². The van der Waals surface area contributed by atoms with Gasteiger partial charge in [0.1, 0.15) is 24.8 Å². The van der Waals surface area contributed by atoms with Crippen LogP contribution in [0.25, 0.3) is 5.69 Å². The van der Waals surface area contributed by atoms with E-state index >= 15 is 0 Å². The van der Waals surface area contributed by atoms with Crippen molar-refractivity contribution in [2.24, 2.45) is 11.3 Å². The molecule has 3 aliphatic rings. The summed E-state index contributed by atoms with van der Waals surface area (Å²) in [5, 5.41) is 2.60. The van der Waals surface area contributed by atoms with Crippen LogP contribution in [0.4, 0.5) is 0 Å². The van der Waals surface area contributed by atoms with Crippen LogP contribution >= 0.6 is 11.6 Å². The first-order valence-corrected chi connectivity index (χ1v) is 12.7. The third-order valence-electron chi connectivity index (χ3n) is 7.72. The first-order chi connectivity index (χ1) is 16.7. The van der Waals surface area contributed by atoms with Crippen molar-refractivity contribution in [1.29, 1.82) is 0 Å². The fraction of sp³-hybridized carbons (Fsp3) is 0.538. The van der Waals surface area contributed by atoms with Crippen LogP contribution in [0.1, 0.15) is 49.9 Å². The molecule has 1 aromatic heterocycles. The van der Waals surface area contributed by atoms with Gasteiger partial charge in [-0.3, -0.25) is 14.4 Å². The molecule has 0 radical (unpaired) electrons. The predicted octanol–water partition coefficient (Wildman–Crippen LogP) is 2.97. The van der Waals surface area contributed by atoms with Crippen molar-refractivity contribution in [3.05, 3.63) is 48.5 Å². The molecule has 1 aliphatic carbocycles. The maximum atomic E-state index is 13.9. The van der Waals surface area contributed by atoms with Gasteiger partial charge in [0.2, 0.25) is 5.91 Å². The lowest BCUT2D eigenvalue weighted by molar-refractivity contribution is -0.139. The van der Waals surface area contributed by atoms with Gasteiger partial charge in [-0.1, -0.05) is 19.9 Å². The molecule has 0 unspecified atom stereocenters. The lowest BCUT2D eigenvalue weighted by Crippen LogP contribution is -2.55. The van der Waals surface area contributed by atoms with Crippen molar-refractivity contribution in [1.82, 2.24) is 19.8 Å². The number of rotatable bonds is 5. The SMILES string of the molecule is CC1(C)CCC([C@H](NC(=O)c2cccc(-n3ccnc3)c2)C(=O)N2C[C@H](Cl)[C@H]3OCC(=O)[C@H]32)CC1. The van der Waals surface area contributed by atoms with Crippen LogP contribution in [-0.2, 0) is 14.3 Å². The molecule has 5 rings (SSSR count). The van der Waals surface area contributed by atoms with Crippen molar-refractivity contribution in [2.75, 3.05) is 13.2 Å². The van der Waals surface area contributed by atoms with Gasteiger partial charge in [-0.05, 0) is 55.2 Å². The monoisotopic (exact) mass is 498 g/mol. The van der Waals surface area contributed by atoms with Crippen LogP contribution in [0, 0.1) is 11.3 Å². The third-order valence-corrected chi connectivity index (χ3v) is 8.11. The molecule has 3 fully saturated rings. The summed E-state index contributed by atoms with van der Waals surface area (Å²) in [6, 6.07) is 5.80. The number of amides is 2. The molecule has 8 nitrogen and oxygen atoms in total. The molecule has 186 valence electrons. The lowest BCUT2D eigenvalue weighted by atomic mass is 9.71. The highest BCUT2D eigenvalue weighted by molar-refractivity contribution is 6.22. The largest absolute Gasteiger partial charge is 0.366 e. The molecule has 9 heteroatoms. The summed E-state index contributed by atoms with van der Waals surface area (Å²) in [6.45, 7) is 4.68. The average molecular weight is 499 g/mol. The van der Waals surface area contributed by atoms with E-state index in [9.17, 15) is 14.4 Å². The Morgan fingerprint density at radius 1 is 1.26 bits per heavy atom. The molecule has 2 aliphatic heterocycles. The number of halogens is 1. The Kier molecular flexibility index (Phi) is 6.44. The Morgan fingerprint density at radius 3 is 2.74 bits per heavy atom. The molecule has 0 spiro atoms. The number of benzene rings is 1. The van der Waals surface area contributed by atoms with E-state index in [0.717, 1.165) is 31.4 Å². The normalized spacial score (nSPS) is 27.0. The van der Waals surface area contributed by atoms with Gasteiger partial charge in [0, 0.05) is 30.2 Å². The van der Waals surface area contributed by atoms with E-state index in [-0.39, 0.29) is 42.1 Å². The van der Waals surface area contributed by atoms with E-state index in [1.54, 1.807) is 35.8 Å². The number of imidazole rings is 1. The summed E-state index contributed by atoms with van der Waals surface area (Å²) in [5.41, 5.74) is 1.47.